The minimum absolute atomic E-state index is 0.121. The molecular formula is C18H18FN5O. The van der Waals surface area contributed by atoms with E-state index < -0.39 is 0 Å². The molecule has 1 aromatic heterocycles. The molecule has 0 saturated carbocycles. The van der Waals surface area contributed by atoms with Crippen molar-refractivity contribution in [1.29, 1.82) is 5.26 Å². The second-order valence-corrected chi connectivity index (χ2v) is 5.83. The molecule has 25 heavy (non-hydrogen) atoms. The number of pyridine rings is 1. The SMILES string of the molecule is N#Cc1ccnc(N2CCN(CC(=O)Nc3ccc(F)cc3)CC2)c1. The number of nitriles is 1. The van der Waals surface area contributed by atoms with Crippen molar-refractivity contribution in [2.45, 2.75) is 0 Å². The van der Waals surface area contributed by atoms with Crippen LogP contribution < -0.4 is 10.2 Å². The van der Waals surface area contributed by atoms with Crippen molar-refractivity contribution in [3.05, 3.63) is 54.0 Å². The molecule has 0 bridgehead atoms. The second kappa shape index (κ2) is 7.73. The molecule has 1 N–H and O–H groups in total. The van der Waals surface area contributed by atoms with Crippen molar-refractivity contribution in [2.75, 3.05) is 42.9 Å². The van der Waals surface area contributed by atoms with Crippen LogP contribution in [0, 0.1) is 17.1 Å². The summed E-state index contributed by atoms with van der Waals surface area (Å²) in [6.45, 7) is 3.24. The van der Waals surface area contributed by atoms with Crippen LogP contribution in [0.1, 0.15) is 5.56 Å². The molecule has 1 aliphatic rings. The first-order valence-corrected chi connectivity index (χ1v) is 8.03. The molecule has 2 aromatic rings. The average Bonchev–Trinajstić information content (AvgIpc) is 2.64. The molecule has 0 aliphatic carbocycles. The smallest absolute Gasteiger partial charge is 0.238 e. The van der Waals surface area contributed by atoms with Gasteiger partial charge in [0.15, 0.2) is 0 Å². The van der Waals surface area contributed by atoms with Gasteiger partial charge in [-0.3, -0.25) is 9.69 Å². The van der Waals surface area contributed by atoms with Crippen molar-refractivity contribution in [2.24, 2.45) is 0 Å². The highest BCUT2D eigenvalue weighted by atomic mass is 19.1. The highest BCUT2D eigenvalue weighted by Crippen LogP contribution is 2.15. The predicted octanol–water partition coefficient (Wildman–Crippen LogP) is 1.85. The molecular weight excluding hydrogens is 321 g/mol. The summed E-state index contributed by atoms with van der Waals surface area (Å²) in [4.78, 5) is 20.6. The Morgan fingerprint density at radius 1 is 1.20 bits per heavy atom. The summed E-state index contributed by atoms with van der Waals surface area (Å²) in [7, 11) is 0. The largest absolute Gasteiger partial charge is 0.354 e. The van der Waals surface area contributed by atoms with Gasteiger partial charge in [-0.1, -0.05) is 0 Å². The average molecular weight is 339 g/mol. The highest BCUT2D eigenvalue weighted by Gasteiger charge is 2.20. The molecule has 3 rings (SSSR count). The van der Waals surface area contributed by atoms with Gasteiger partial charge in [0.05, 0.1) is 18.2 Å². The van der Waals surface area contributed by atoms with Crippen molar-refractivity contribution in [3.8, 4) is 6.07 Å². The maximum atomic E-state index is 12.9. The molecule has 1 aliphatic heterocycles. The Morgan fingerprint density at radius 3 is 2.60 bits per heavy atom. The minimum atomic E-state index is -0.330. The normalized spacial score (nSPS) is 14.8. The standard InChI is InChI=1S/C18H18FN5O/c19-15-1-3-16(4-2-15)22-18(25)13-23-7-9-24(10-8-23)17-11-14(12-20)5-6-21-17/h1-6,11H,7-10,13H2,(H,22,25). The third-order valence-corrected chi connectivity index (χ3v) is 4.07. The van der Waals surface area contributed by atoms with Crippen molar-refractivity contribution >= 4 is 17.4 Å². The minimum Gasteiger partial charge on any atom is -0.354 e. The molecule has 0 atom stereocenters. The van der Waals surface area contributed by atoms with Crippen molar-refractivity contribution in [1.82, 2.24) is 9.88 Å². The fourth-order valence-electron chi connectivity index (χ4n) is 2.73. The number of piperazine rings is 1. The van der Waals surface area contributed by atoms with E-state index in [1.807, 2.05) is 0 Å². The van der Waals surface area contributed by atoms with E-state index >= 15 is 0 Å². The number of carbonyl (C=O) groups excluding carboxylic acids is 1. The summed E-state index contributed by atoms with van der Waals surface area (Å²) in [6, 6.07) is 11.3. The first-order valence-electron chi connectivity index (χ1n) is 8.03. The van der Waals surface area contributed by atoms with Gasteiger partial charge in [0.1, 0.15) is 11.6 Å². The maximum Gasteiger partial charge on any atom is 0.238 e. The van der Waals surface area contributed by atoms with Crippen LogP contribution in [0.25, 0.3) is 0 Å². The first-order chi connectivity index (χ1) is 12.1. The quantitative estimate of drug-likeness (QED) is 0.920. The molecule has 1 amide bonds. The van der Waals surface area contributed by atoms with E-state index in [1.165, 1.54) is 12.1 Å². The second-order valence-electron chi connectivity index (χ2n) is 5.83. The molecule has 1 saturated heterocycles. The van der Waals surface area contributed by atoms with Crippen molar-refractivity contribution < 1.29 is 9.18 Å². The van der Waals surface area contributed by atoms with E-state index in [9.17, 15) is 9.18 Å². The van der Waals surface area contributed by atoms with Gasteiger partial charge in [-0.05, 0) is 36.4 Å². The summed E-state index contributed by atoms with van der Waals surface area (Å²) in [5.74, 6) is 0.335. The number of amides is 1. The van der Waals surface area contributed by atoms with Gasteiger partial charge in [-0.15, -0.1) is 0 Å². The number of nitrogens with zero attached hydrogens (tertiary/aromatic N) is 4. The van der Waals surface area contributed by atoms with E-state index in [0.29, 0.717) is 11.3 Å². The molecule has 0 unspecified atom stereocenters. The lowest BCUT2D eigenvalue weighted by Gasteiger charge is -2.35. The topological polar surface area (TPSA) is 72.3 Å². The molecule has 0 spiro atoms. The first kappa shape index (κ1) is 16.9. The monoisotopic (exact) mass is 339 g/mol. The molecule has 1 fully saturated rings. The molecule has 6 nitrogen and oxygen atoms in total. The summed E-state index contributed by atoms with van der Waals surface area (Å²) in [6.07, 6.45) is 1.64. The summed E-state index contributed by atoms with van der Waals surface area (Å²) >= 11 is 0. The zero-order valence-corrected chi connectivity index (χ0v) is 13.7. The van der Waals surface area contributed by atoms with E-state index in [-0.39, 0.29) is 18.3 Å². The number of anilines is 2. The van der Waals surface area contributed by atoms with Crippen molar-refractivity contribution in [3.63, 3.8) is 0 Å². The third kappa shape index (κ3) is 4.52. The van der Waals surface area contributed by atoms with Gasteiger partial charge in [0.2, 0.25) is 5.91 Å². The van der Waals surface area contributed by atoms with Gasteiger partial charge < -0.3 is 10.2 Å². The number of carbonyl (C=O) groups is 1. The number of hydrogen-bond acceptors (Lipinski definition) is 5. The number of hydrogen-bond donors (Lipinski definition) is 1. The number of benzene rings is 1. The fourth-order valence-corrected chi connectivity index (χ4v) is 2.73. The van der Waals surface area contributed by atoms with E-state index in [1.54, 1.807) is 30.5 Å². The zero-order valence-electron chi connectivity index (χ0n) is 13.7. The van der Waals surface area contributed by atoms with Crippen LogP contribution in [0.5, 0.6) is 0 Å². The lowest BCUT2D eigenvalue weighted by atomic mass is 10.2. The Hall–Kier alpha value is -2.98. The lowest BCUT2D eigenvalue weighted by Crippen LogP contribution is -2.48. The van der Waals surface area contributed by atoms with Gasteiger partial charge in [-0.2, -0.15) is 5.26 Å². The van der Waals surface area contributed by atoms with Gasteiger partial charge in [0.25, 0.3) is 0 Å². The Labute approximate surface area is 145 Å². The van der Waals surface area contributed by atoms with E-state index in [0.717, 1.165) is 32.0 Å². The Morgan fingerprint density at radius 2 is 1.92 bits per heavy atom. The highest BCUT2D eigenvalue weighted by molar-refractivity contribution is 5.92. The molecule has 1 aromatic carbocycles. The van der Waals surface area contributed by atoms with Crippen LogP contribution in [0.2, 0.25) is 0 Å². The Balaban J connectivity index is 1.49. The summed E-state index contributed by atoms with van der Waals surface area (Å²) < 4.78 is 12.9. The molecule has 2 heterocycles. The van der Waals surface area contributed by atoms with Crippen LogP contribution in [0.3, 0.4) is 0 Å². The van der Waals surface area contributed by atoms with E-state index in [4.69, 9.17) is 5.26 Å². The van der Waals surface area contributed by atoms with Crippen LogP contribution in [-0.4, -0.2) is 48.5 Å². The fraction of sp³-hybridized carbons (Fsp3) is 0.278. The molecule has 128 valence electrons. The zero-order chi connectivity index (χ0) is 17.6. The van der Waals surface area contributed by atoms with Crippen LogP contribution >= 0.6 is 0 Å². The predicted molar refractivity (Wildman–Crippen MR) is 92.6 cm³/mol. The number of nitrogens with one attached hydrogen (secondary N) is 1. The Kier molecular flexibility index (Phi) is 5.21. The van der Waals surface area contributed by atoms with Crippen LogP contribution in [-0.2, 0) is 4.79 Å². The number of rotatable bonds is 4. The third-order valence-electron chi connectivity index (χ3n) is 4.07. The van der Waals surface area contributed by atoms with Gasteiger partial charge in [0, 0.05) is 38.1 Å². The number of halogens is 1. The molecule has 7 heteroatoms. The van der Waals surface area contributed by atoms with E-state index in [2.05, 4.69) is 26.2 Å². The summed E-state index contributed by atoms with van der Waals surface area (Å²) in [5, 5.41) is 11.7. The lowest BCUT2D eigenvalue weighted by molar-refractivity contribution is -0.117. The number of aromatic nitrogens is 1. The van der Waals surface area contributed by atoms with Gasteiger partial charge >= 0.3 is 0 Å². The van der Waals surface area contributed by atoms with Crippen LogP contribution in [0.15, 0.2) is 42.6 Å². The Bertz CT molecular complexity index is 779. The molecule has 0 radical (unpaired) electrons. The van der Waals surface area contributed by atoms with Crippen LogP contribution in [0.4, 0.5) is 15.9 Å². The van der Waals surface area contributed by atoms with Gasteiger partial charge in [-0.25, -0.2) is 9.37 Å². The summed E-state index contributed by atoms with van der Waals surface area (Å²) in [5.41, 5.74) is 1.17. The maximum absolute atomic E-state index is 12.9.